The Morgan fingerprint density at radius 1 is 0.333 bits per heavy atom. The van der Waals surface area contributed by atoms with Crippen LogP contribution in [-0.2, 0) is 16.2 Å². The minimum atomic E-state index is -0.530. The van der Waals surface area contributed by atoms with Crippen LogP contribution in [0.5, 0.6) is 0 Å². The number of nitrogens with zero attached hydrogens (tertiary/aromatic N) is 1. The minimum Gasteiger partial charge on any atom is -0.309 e. The van der Waals surface area contributed by atoms with Crippen LogP contribution in [0.25, 0.3) is 22.3 Å². The molecule has 0 bridgehead atoms. The van der Waals surface area contributed by atoms with E-state index in [1.165, 1.54) is 83.5 Å². The van der Waals surface area contributed by atoms with Crippen molar-refractivity contribution in [2.75, 3.05) is 4.90 Å². The lowest BCUT2D eigenvalue weighted by atomic mass is 9.67. The molecule has 0 fully saturated rings. The van der Waals surface area contributed by atoms with Gasteiger partial charge in [-0.15, -0.1) is 0 Å². The number of aryl methyl sites for hydroxylation is 2. The van der Waals surface area contributed by atoms with Crippen molar-refractivity contribution < 1.29 is 0 Å². The molecule has 2 unspecified atom stereocenters. The van der Waals surface area contributed by atoms with E-state index in [0.717, 1.165) is 17.1 Å². The first-order valence-corrected chi connectivity index (χ1v) is 22.3. The van der Waals surface area contributed by atoms with Gasteiger partial charge in [0.25, 0.3) is 0 Å². The van der Waals surface area contributed by atoms with Crippen molar-refractivity contribution in [1.82, 2.24) is 0 Å². The van der Waals surface area contributed by atoms with Crippen LogP contribution in [0, 0.1) is 13.8 Å². The molecule has 2 atom stereocenters. The molecule has 0 spiro atoms. The van der Waals surface area contributed by atoms with Crippen molar-refractivity contribution >= 4 is 17.1 Å². The lowest BCUT2D eigenvalue weighted by molar-refractivity contribution is 0.590. The normalized spacial score (nSPS) is 17.1. The molecule has 0 aliphatic heterocycles. The summed E-state index contributed by atoms with van der Waals surface area (Å²) in [7, 11) is 0. The molecule has 0 saturated carbocycles. The van der Waals surface area contributed by atoms with Gasteiger partial charge in [0.15, 0.2) is 0 Å². The van der Waals surface area contributed by atoms with Crippen molar-refractivity contribution in [1.29, 1.82) is 0 Å². The number of hydrogen-bond acceptors (Lipinski definition) is 1. The fourth-order valence-corrected chi connectivity index (χ4v) is 11.1. The molecule has 11 rings (SSSR count). The van der Waals surface area contributed by atoms with Crippen LogP contribution >= 0.6 is 0 Å². The standard InChI is InChI=1S/C62H51N/c1-42-30-34-47(35-31-42)61(45-18-8-6-9-19-45)52-24-14-12-22-50(52)58-54(61)26-16-28-56(58)63(49-40-38-44(39-41-49)60(3,4)5)57-29-17-27-55-59(57)51-23-13-15-25-53(51)62(55,46-20-10-7-11-21-46)48-36-32-43(2)33-37-48/h6-41H,1-5H3. The zero-order valence-corrected chi connectivity index (χ0v) is 36.7. The molecule has 9 aromatic rings. The van der Waals surface area contributed by atoms with Gasteiger partial charge in [-0.05, 0) is 105 Å². The summed E-state index contributed by atoms with van der Waals surface area (Å²) in [5.74, 6) is 0. The molecule has 9 aromatic carbocycles. The fourth-order valence-electron chi connectivity index (χ4n) is 11.1. The second kappa shape index (κ2) is 14.7. The van der Waals surface area contributed by atoms with E-state index in [-0.39, 0.29) is 5.41 Å². The van der Waals surface area contributed by atoms with E-state index in [1.807, 2.05) is 0 Å². The van der Waals surface area contributed by atoms with Crippen molar-refractivity contribution in [3.05, 3.63) is 280 Å². The summed E-state index contributed by atoms with van der Waals surface area (Å²) >= 11 is 0. The Morgan fingerprint density at radius 2 is 0.698 bits per heavy atom. The zero-order valence-electron chi connectivity index (χ0n) is 36.7. The highest BCUT2D eigenvalue weighted by atomic mass is 15.1. The van der Waals surface area contributed by atoms with E-state index >= 15 is 0 Å². The predicted octanol–water partition coefficient (Wildman–Crippen LogP) is 15.8. The van der Waals surface area contributed by atoms with Crippen LogP contribution in [0.4, 0.5) is 17.1 Å². The SMILES string of the molecule is Cc1ccc(C2(c3ccccc3)c3ccccc3-c3c(N(c4ccc(C(C)(C)C)cc4)c4cccc5c4-c4ccccc4C5(c4ccccc4)c4ccc(C)cc4)cccc32)cc1. The van der Waals surface area contributed by atoms with E-state index in [9.17, 15) is 0 Å². The number of benzene rings is 9. The average Bonchev–Trinajstić information content (AvgIpc) is 3.80. The van der Waals surface area contributed by atoms with Crippen LogP contribution < -0.4 is 4.90 Å². The first-order chi connectivity index (χ1) is 30.7. The van der Waals surface area contributed by atoms with Gasteiger partial charge in [0.1, 0.15) is 0 Å². The van der Waals surface area contributed by atoms with Crippen molar-refractivity contribution in [2.24, 2.45) is 0 Å². The predicted molar refractivity (Wildman–Crippen MR) is 264 cm³/mol. The van der Waals surface area contributed by atoms with Gasteiger partial charge in [-0.1, -0.05) is 226 Å². The Morgan fingerprint density at radius 3 is 1.11 bits per heavy atom. The van der Waals surface area contributed by atoms with Gasteiger partial charge < -0.3 is 4.90 Å². The minimum absolute atomic E-state index is 0.00980. The maximum absolute atomic E-state index is 2.57. The van der Waals surface area contributed by atoms with Gasteiger partial charge in [-0.3, -0.25) is 0 Å². The molecule has 0 aromatic heterocycles. The Bertz CT molecular complexity index is 2950. The molecule has 1 nitrogen and oxygen atoms in total. The quantitative estimate of drug-likeness (QED) is 0.155. The van der Waals surface area contributed by atoms with Crippen molar-refractivity contribution in [2.45, 2.75) is 50.9 Å². The molecular weight excluding hydrogens is 759 g/mol. The maximum Gasteiger partial charge on any atom is 0.0714 e. The average molecular weight is 810 g/mol. The third-order valence-corrected chi connectivity index (χ3v) is 13.9. The highest BCUT2D eigenvalue weighted by Gasteiger charge is 2.49. The highest BCUT2D eigenvalue weighted by Crippen LogP contribution is 2.63. The Balaban J connectivity index is 1.25. The van der Waals surface area contributed by atoms with Crippen molar-refractivity contribution in [3.8, 4) is 22.3 Å². The zero-order chi connectivity index (χ0) is 42.9. The summed E-state index contributed by atoms with van der Waals surface area (Å²) in [5.41, 5.74) is 21.5. The molecule has 0 N–H and O–H groups in total. The topological polar surface area (TPSA) is 3.24 Å². The van der Waals surface area contributed by atoms with Crippen molar-refractivity contribution in [3.63, 3.8) is 0 Å². The molecule has 304 valence electrons. The van der Waals surface area contributed by atoms with E-state index in [0.29, 0.717) is 0 Å². The third-order valence-electron chi connectivity index (χ3n) is 13.9. The molecule has 0 radical (unpaired) electrons. The Labute approximate surface area is 373 Å². The summed E-state index contributed by atoms with van der Waals surface area (Å²) in [5, 5.41) is 0. The van der Waals surface area contributed by atoms with Crippen LogP contribution in [0.15, 0.2) is 218 Å². The molecule has 1 heteroatoms. The van der Waals surface area contributed by atoms with Gasteiger partial charge in [-0.2, -0.15) is 0 Å². The molecular formula is C62H51N. The third kappa shape index (κ3) is 5.76. The van der Waals surface area contributed by atoms with E-state index in [4.69, 9.17) is 0 Å². The van der Waals surface area contributed by atoms with Crippen LogP contribution in [0.3, 0.4) is 0 Å². The fraction of sp³-hybridized carbons (Fsp3) is 0.129. The van der Waals surface area contributed by atoms with Gasteiger partial charge in [0, 0.05) is 16.8 Å². The Kier molecular flexibility index (Phi) is 9.03. The summed E-state index contributed by atoms with van der Waals surface area (Å²) in [6.45, 7) is 11.2. The highest BCUT2D eigenvalue weighted by molar-refractivity contribution is 6.02. The smallest absolute Gasteiger partial charge is 0.0714 e. The van der Waals surface area contributed by atoms with Gasteiger partial charge in [-0.25, -0.2) is 0 Å². The lowest BCUT2D eigenvalue weighted by Gasteiger charge is -2.35. The molecule has 63 heavy (non-hydrogen) atoms. The summed E-state index contributed by atoms with van der Waals surface area (Å²) < 4.78 is 0. The molecule has 0 amide bonds. The number of anilines is 3. The molecule has 2 aliphatic carbocycles. The van der Waals surface area contributed by atoms with E-state index in [1.54, 1.807) is 0 Å². The van der Waals surface area contributed by atoms with Gasteiger partial charge in [0.2, 0.25) is 0 Å². The molecule has 0 saturated heterocycles. The summed E-state index contributed by atoms with van der Waals surface area (Å²) in [4.78, 5) is 2.57. The van der Waals surface area contributed by atoms with E-state index in [2.05, 4.69) is 258 Å². The summed E-state index contributed by atoms with van der Waals surface area (Å²) in [6, 6.07) is 82.4. The number of fused-ring (bicyclic) bond motifs is 6. The summed E-state index contributed by atoms with van der Waals surface area (Å²) in [6.07, 6.45) is 0. The maximum atomic E-state index is 2.57. The lowest BCUT2D eigenvalue weighted by Crippen LogP contribution is -2.29. The second-order valence-corrected chi connectivity index (χ2v) is 18.6. The Hall–Kier alpha value is -7.22. The molecule has 2 aliphatic rings. The van der Waals surface area contributed by atoms with Crippen LogP contribution in [-0.4, -0.2) is 0 Å². The van der Waals surface area contributed by atoms with Crippen LogP contribution in [0.2, 0.25) is 0 Å². The first-order valence-electron chi connectivity index (χ1n) is 22.3. The second-order valence-electron chi connectivity index (χ2n) is 18.6. The van der Waals surface area contributed by atoms with Gasteiger partial charge >= 0.3 is 0 Å². The first kappa shape index (κ1) is 38.7. The number of hydrogen-bond donors (Lipinski definition) is 0. The molecule has 0 heterocycles. The largest absolute Gasteiger partial charge is 0.309 e. The van der Waals surface area contributed by atoms with Crippen LogP contribution in [0.1, 0.15) is 82.0 Å². The van der Waals surface area contributed by atoms with E-state index < -0.39 is 10.8 Å². The van der Waals surface area contributed by atoms with Gasteiger partial charge in [0.05, 0.1) is 22.2 Å². The number of rotatable bonds is 7. The monoisotopic (exact) mass is 809 g/mol.